The first kappa shape index (κ1) is 22.7. The topological polar surface area (TPSA) is 54.4 Å². The van der Waals surface area contributed by atoms with Crippen LogP contribution in [-0.2, 0) is 16.5 Å². The molecule has 0 aliphatic heterocycles. The molecule has 178 valence electrons. The fraction of sp³-hybridized carbons (Fsp3) is 0.125. The van der Waals surface area contributed by atoms with Crippen LogP contribution in [0.3, 0.4) is 0 Å². The van der Waals surface area contributed by atoms with Gasteiger partial charge in [-0.3, -0.25) is 4.55 Å². The highest BCUT2D eigenvalue weighted by atomic mass is 32.2. The van der Waals surface area contributed by atoms with Crippen molar-refractivity contribution < 1.29 is 13.0 Å². The van der Waals surface area contributed by atoms with Crippen molar-refractivity contribution in [2.75, 3.05) is 0 Å². The van der Waals surface area contributed by atoms with Gasteiger partial charge in [0.2, 0.25) is 0 Å². The van der Waals surface area contributed by atoms with E-state index in [2.05, 4.69) is 48.6 Å². The average molecular weight is 491 g/mol. The molecule has 0 saturated carbocycles. The number of hydrogen-bond acceptors (Lipinski definition) is 2. The molecule has 7 rings (SSSR count). The highest BCUT2D eigenvalue weighted by molar-refractivity contribution is 7.85. The number of allylic oxidation sites excluding steroid dienone is 4. The molecule has 0 aromatic heterocycles. The van der Waals surface area contributed by atoms with Gasteiger partial charge in [0.1, 0.15) is 0 Å². The van der Waals surface area contributed by atoms with Gasteiger partial charge in [-0.05, 0) is 86.8 Å². The average Bonchev–Trinajstić information content (AvgIpc) is 2.92. The fourth-order valence-corrected chi connectivity index (χ4v) is 6.03. The van der Waals surface area contributed by atoms with Gasteiger partial charge in [-0.25, -0.2) is 0 Å². The number of aryl methyl sites for hydroxylation is 1. The first-order valence-corrected chi connectivity index (χ1v) is 13.7. The largest absolute Gasteiger partial charge is 0.294 e. The van der Waals surface area contributed by atoms with Crippen molar-refractivity contribution in [2.45, 2.75) is 30.6 Å². The molecule has 0 saturated heterocycles. The van der Waals surface area contributed by atoms with Crippen molar-refractivity contribution >= 4 is 48.0 Å². The summed E-state index contributed by atoms with van der Waals surface area (Å²) in [5.74, 6) is 0. The molecule has 2 aliphatic carbocycles. The standard InChI is InChI=1S/C18H16.C14H10O3S/c1-3-7-15-13(5-1)9-11-18-16-8-4-2-6-14(16)10-12-17(15)18;15-18(16,17)12-8-7-11-6-5-10-3-1-2-4-13(10)14(11)9-12/h1,3-5,7-9,11H,2,6,10,12H2;1-9H,(H,15,16,17). The third kappa shape index (κ3) is 4.13. The molecule has 0 fully saturated rings. The van der Waals surface area contributed by atoms with Crippen molar-refractivity contribution in [3.05, 3.63) is 120 Å². The Morgan fingerprint density at radius 1 is 0.639 bits per heavy atom. The van der Waals surface area contributed by atoms with E-state index in [9.17, 15) is 8.42 Å². The van der Waals surface area contributed by atoms with E-state index in [1.54, 1.807) is 17.2 Å². The minimum Gasteiger partial charge on any atom is -0.282 e. The first-order valence-electron chi connectivity index (χ1n) is 12.3. The third-order valence-electron chi connectivity index (χ3n) is 7.30. The fourth-order valence-electron chi connectivity index (χ4n) is 5.53. The van der Waals surface area contributed by atoms with E-state index in [1.165, 1.54) is 59.7 Å². The monoisotopic (exact) mass is 490 g/mol. The second-order valence-corrected chi connectivity index (χ2v) is 10.8. The van der Waals surface area contributed by atoms with E-state index < -0.39 is 10.1 Å². The summed E-state index contributed by atoms with van der Waals surface area (Å²) in [5.41, 5.74) is 6.21. The highest BCUT2D eigenvalue weighted by Gasteiger charge is 2.20. The number of hydrogen-bond donors (Lipinski definition) is 1. The molecular formula is C32H26O3S. The summed E-state index contributed by atoms with van der Waals surface area (Å²) in [5, 5.41) is 6.60. The molecular weight excluding hydrogens is 464 g/mol. The molecule has 36 heavy (non-hydrogen) atoms. The first-order chi connectivity index (χ1) is 17.5. The minimum atomic E-state index is -4.16. The van der Waals surface area contributed by atoms with E-state index in [4.69, 9.17) is 4.55 Å². The summed E-state index contributed by atoms with van der Waals surface area (Å²) in [6.07, 6.45) is 9.61. The normalized spacial score (nSPS) is 14.9. The van der Waals surface area contributed by atoms with Crippen LogP contribution in [0, 0.1) is 0 Å². The molecule has 0 amide bonds. The number of fused-ring (bicyclic) bond motifs is 7. The number of benzene rings is 5. The molecule has 2 aliphatic rings. The van der Waals surface area contributed by atoms with E-state index in [-0.39, 0.29) is 4.90 Å². The highest BCUT2D eigenvalue weighted by Crippen LogP contribution is 2.39. The SMILES string of the molecule is C1=CC2=C(CC1)CCc1c2ccc2ccccc12.O=S(=O)(O)c1ccc2ccc3ccccc3c2c1. The van der Waals surface area contributed by atoms with Gasteiger partial charge < -0.3 is 0 Å². The lowest BCUT2D eigenvalue weighted by Crippen LogP contribution is -2.06. The quantitative estimate of drug-likeness (QED) is 0.191. The Morgan fingerprint density at radius 3 is 2.06 bits per heavy atom. The molecule has 0 radical (unpaired) electrons. The Kier molecular flexibility index (Phi) is 5.71. The molecule has 5 aromatic carbocycles. The molecule has 5 aromatic rings. The Labute approximate surface area is 211 Å². The van der Waals surface area contributed by atoms with Crippen molar-refractivity contribution in [1.82, 2.24) is 0 Å². The van der Waals surface area contributed by atoms with Crippen LogP contribution in [0.2, 0.25) is 0 Å². The van der Waals surface area contributed by atoms with E-state index >= 15 is 0 Å². The lowest BCUT2D eigenvalue weighted by Gasteiger charge is -2.25. The Bertz CT molecular complexity index is 1810. The van der Waals surface area contributed by atoms with Crippen molar-refractivity contribution in [3.8, 4) is 0 Å². The molecule has 4 heteroatoms. The predicted octanol–water partition coefficient (Wildman–Crippen LogP) is 8.13. The zero-order valence-corrected chi connectivity index (χ0v) is 20.6. The zero-order chi connectivity index (χ0) is 24.7. The Hall–Kier alpha value is -3.73. The maximum atomic E-state index is 11.2. The van der Waals surface area contributed by atoms with Crippen molar-refractivity contribution in [2.24, 2.45) is 0 Å². The molecule has 3 nitrogen and oxygen atoms in total. The van der Waals surface area contributed by atoms with Crippen LogP contribution in [0.1, 0.15) is 30.4 Å². The van der Waals surface area contributed by atoms with Crippen molar-refractivity contribution in [1.29, 1.82) is 0 Å². The van der Waals surface area contributed by atoms with Crippen LogP contribution in [0.25, 0.3) is 37.9 Å². The van der Waals surface area contributed by atoms with Gasteiger partial charge in [0.05, 0.1) is 4.90 Å². The van der Waals surface area contributed by atoms with Crippen LogP contribution in [0.4, 0.5) is 0 Å². The number of rotatable bonds is 1. The molecule has 0 spiro atoms. The maximum Gasteiger partial charge on any atom is 0.294 e. The maximum absolute atomic E-state index is 11.2. The van der Waals surface area contributed by atoms with Gasteiger partial charge in [0.15, 0.2) is 0 Å². The van der Waals surface area contributed by atoms with Gasteiger partial charge in [-0.2, -0.15) is 8.42 Å². The van der Waals surface area contributed by atoms with E-state index in [1.807, 2.05) is 36.4 Å². The van der Waals surface area contributed by atoms with Crippen molar-refractivity contribution in [3.63, 3.8) is 0 Å². The summed E-state index contributed by atoms with van der Waals surface area (Å²) < 4.78 is 31.4. The molecule has 1 N–H and O–H groups in total. The van der Waals surface area contributed by atoms with E-state index in [0.717, 1.165) is 21.5 Å². The van der Waals surface area contributed by atoms with Crippen LogP contribution in [0.15, 0.2) is 114 Å². The molecule has 0 atom stereocenters. The summed E-state index contributed by atoms with van der Waals surface area (Å²) in [7, 11) is -4.16. The Balaban J connectivity index is 0.000000133. The minimum absolute atomic E-state index is 0.0775. The van der Waals surface area contributed by atoms with Gasteiger partial charge in [0.25, 0.3) is 10.1 Å². The smallest absolute Gasteiger partial charge is 0.282 e. The van der Waals surface area contributed by atoms with Gasteiger partial charge in [-0.1, -0.05) is 96.6 Å². The molecule has 0 unspecified atom stereocenters. The predicted molar refractivity (Wildman–Crippen MR) is 149 cm³/mol. The van der Waals surface area contributed by atoms with Crippen LogP contribution in [-0.4, -0.2) is 13.0 Å². The van der Waals surface area contributed by atoms with Gasteiger partial charge in [-0.15, -0.1) is 0 Å². The lowest BCUT2D eigenvalue weighted by atomic mass is 9.80. The third-order valence-corrected chi connectivity index (χ3v) is 8.15. The van der Waals surface area contributed by atoms with Crippen LogP contribution >= 0.6 is 0 Å². The summed E-state index contributed by atoms with van der Waals surface area (Å²) in [4.78, 5) is -0.0775. The molecule has 0 bridgehead atoms. The zero-order valence-electron chi connectivity index (χ0n) is 19.8. The lowest BCUT2D eigenvalue weighted by molar-refractivity contribution is 0.483. The second-order valence-electron chi connectivity index (χ2n) is 9.42. The summed E-state index contributed by atoms with van der Waals surface area (Å²) in [6, 6.07) is 29.6. The van der Waals surface area contributed by atoms with Crippen LogP contribution in [0.5, 0.6) is 0 Å². The van der Waals surface area contributed by atoms with E-state index in [0.29, 0.717) is 0 Å². The van der Waals surface area contributed by atoms with Gasteiger partial charge >= 0.3 is 0 Å². The van der Waals surface area contributed by atoms with Crippen LogP contribution < -0.4 is 0 Å². The molecule has 0 heterocycles. The summed E-state index contributed by atoms with van der Waals surface area (Å²) >= 11 is 0. The second kappa shape index (κ2) is 9.05. The Morgan fingerprint density at radius 2 is 1.28 bits per heavy atom. The summed E-state index contributed by atoms with van der Waals surface area (Å²) in [6.45, 7) is 0. The van der Waals surface area contributed by atoms with Gasteiger partial charge in [0, 0.05) is 0 Å².